The fourth-order valence-corrected chi connectivity index (χ4v) is 1.90. The Morgan fingerprint density at radius 1 is 1.07 bits per heavy atom. The van der Waals surface area contributed by atoms with Crippen LogP contribution >= 0.6 is 0 Å². The summed E-state index contributed by atoms with van der Waals surface area (Å²) in [6.07, 6.45) is 1.03. The van der Waals surface area contributed by atoms with Crippen LogP contribution in [0.15, 0.2) is 0 Å². The first-order valence-electron chi connectivity index (χ1n) is 4.91. The molecule has 0 bridgehead atoms. The summed E-state index contributed by atoms with van der Waals surface area (Å²) in [5.41, 5.74) is 0. The van der Waals surface area contributed by atoms with Gasteiger partial charge in [-0.2, -0.15) is 10.5 Å². The quantitative estimate of drug-likeness (QED) is 0.606. The molecule has 1 fully saturated rings. The molecule has 0 spiro atoms. The Morgan fingerprint density at radius 3 is 1.86 bits per heavy atom. The van der Waals surface area contributed by atoms with Gasteiger partial charge in [0.2, 0.25) is 0 Å². The van der Waals surface area contributed by atoms with Gasteiger partial charge in [-0.3, -0.25) is 9.80 Å². The molecule has 0 aromatic carbocycles. The van der Waals surface area contributed by atoms with Gasteiger partial charge in [0.1, 0.15) is 0 Å². The maximum absolute atomic E-state index is 8.64. The molecule has 0 aliphatic carbocycles. The van der Waals surface area contributed by atoms with Crippen LogP contribution in [0.3, 0.4) is 0 Å². The van der Waals surface area contributed by atoms with E-state index in [1.54, 1.807) is 0 Å². The summed E-state index contributed by atoms with van der Waals surface area (Å²) < 4.78 is 0. The SMILES string of the molecule is CC1CC(C)N(CC#N)CN1CC#N. The van der Waals surface area contributed by atoms with E-state index < -0.39 is 0 Å². The lowest BCUT2D eigenvalue weighted by Crippen LogP contribution is -2.53. The van der Waals surface area contributed by atoms with Crippen LogP contribution in [0.2, 0.25) is 0 Å². The molecule has 1 rings (SSSR count). The van der Waals surface area contributed by atoms with Crippen LogP contribution < -0.4 is 0 Å². The Hall–Kier alpha value is -1.10. The van der Waals surface area contributed by atoms with Crippen molar-refractivity contribution in [1.29, 1.82) is 10.5 Å². The molecule has 0 N–H and O–H groups in total. The van der Waals surface area contributed by atoms with Crippen LogP contribution in [-0.4, -0.2) is 41.6 Å². The molecule has 1 aliphatic heterocycles. The van der Waals surface area contributed by atoms with Crippen molar-refractivity contribution in [1.82, 2.24) is 9.80 Å². The summed E-state index contributed by atoms with van der Waals surface area (Å²) in [5, 5.41) is 17.3. The zero-order valence-corrected chi connectivity index (χ0v) is 8.77. The maximum Gasteiger partial charge on any atom is 0.0878 e. The first-order chi connectivity index (χ1) is 6.69. The largest absolute Gasteiger partial charge is 0.275 e. The summed E-state index contributed by atoms with van der Waals surface area (Å²) in [5.74, 6) is 0. The lowest BCUT2D eigenvalue weighted by Gasteiger charge is -2.42. The van der Waals surface area contributed by atoms with Crippen molar-refractivity contribution < 1.29 is 0 Å². The number of nitrogens with zero attached hydrogens (tertiary/aromatic N) is 4. The number of rotatable bonds is 2. The summed E-state index contributed by atoms with van der Waals surface area (Å²) in [6.45, 7) is 5.92. The lowest BCUT2D eigenvalue weighted by atomic mass is 10.0. The van der Waals surface area contributed by atoms with Gasteiger partial charge in [-0.1, -0.05) is 0 Å². The van der Waals surface area contributed by atoms with Gasteiger partial charge in [0.05, 0.1) is 31.9 Å². The molecule has 76 valence electrons. The average Bonchev–Trinajstić information content (AvgIpc) is 2.14. The van der Waals surface area contributed by atoms with Gasteiger partial charge < -0.3 is 0 Å². The van der Waals surface area contributed by atoms with Crippen LogP contribution in [0.4, 0.5) is 0 Å². The van der Waals surface area contributed by atoms with Crippen LogP contribution in [0, 0.1) is 22.7 Å². The van der Waals surface area contributed by atoms with Crippen LogP contribution in [0.1, 0.15) is 20.3 Å². The Bertz CT molecular complexity index is 236. The number of nitriles is 2. The highest BCUT2D eigenvalue weighted by atomic mass is 15.4. The van der Waals surface area contributed by atoms with Crippen LogP contribution in [0.25, 0.3) is 0 Å². The normalized spacial score (nSPS) is 29.4. The van der Waals surface area contributed by atoms with Gasteiger partial charge in [-0.15, -0.1) is 0 Å². The molecule has 0 saturated carbocycles. The predicted octanol–water partition coefficient (Wildman–Crippen LogP) is 0.776. The van der Waals surface area contributed by atoms with Crippen LogP contribution in [0.5, 0.6) is 0 Å². The van der Waals surface area contributed by atoms with E-state index in [0.717, 1.165) is 13.1 Å². The third kappa shape index (κ3) is 2.45. The van der Waals surface area contributed by atoms with Crippen molar-refractivity contribution in [2.24, 2.45) is 0 Å². The molecular weight excluding hydrogens is 176 g/mol. The zero-order chi connectivity index (χ0) is 10.6. The summed E-state index contributed by atoms with van der Waals surface area (Å²) in [7, 11) is 0. The van der Waals surface area contributed by atoms with Gasteiger partial charge in [0, 0.05) is 12.1 Å². The standard InChI is InChI=1S/C10H16N4/c1-9-7-10(2)14(6-4-12)8-13(9)5-3-11/h9-10H,5-8H2,1-2H3. The Kier molecular flexibility index (Phi) is 3.88. The summed E-state index contributed by atoms with van der Waals surface area (Å²) in [6, 6.07) is 5.21. The fraction of sp³-hybridized carbons (Fsp3) is 0.800. The molecule has 1 saturated heterocycles. The molecule has 4 nitrogen and oxygen atoms in total. The Labute approximate surface area is 85.3 Å². The van der Waals surface area contributed by atoms with Crippen molar-refractivity contribution in [2.45, 2.75) is 32.4 Å². The van der Waals surface area contributed by atoms with E-state index in [9.17, 15) is 0 Å². The lowest BCUT2D eigenvalue weighted by molar-refractivity contribution is 0.0286. The monoisotopic (exact) mass is 192 g/mol. The maximum atomic E-state index is 8.64. The van der Waals surface area contributed by atoms with E-state index in [-0.39, 0.29) is 0 Å². The van der Waals surface area contributed by atoms with Gasteiger partial charge in [-0.05, 0) is 20.3 Å². The molecule has 2 unspecified atom stereocenters. The molecule has 4 heteroatoms. The van der Waals surface area contributed by atoms with Crippen molar-refractivity contribution in [3.8, 4) is 12.1 Å². The number of hydrogen-bond donors (Lipinski definition) is 0. The fourth-order valence-electron chi connectivity index (χ4n) is 1.90. The third-order valence-electron chi connectivity index (χ3n) is 2.84. The highest BCUT2D eigenvalue weighted by Gasteiger charge is 2.28. The molecule has 0 aromatic rings. The van der Waals surface area contributed by atoms with Crippen LogP contribution in [-0.2, 0) is 0 Å². The van der Waals surface area contributed by atoms with E-state index in [1.807, 2.05) is 0 Å². The molecule has 14 heavy (non-hydrogen) atoms. The third-order valence-corrected chi connectivity index (χ3v) is 2.84. The van der Waals surface area contributed by atoms with Gasteiger partial charge >= 0.3 is 0 Å². The zero-order valence-electron chi connectivity index (χ0n) is 8.77. The highest BCUT2D eigenvalue weighted by Crippen LogP contribution is 2.18. The molecule has 2 atom stereocenters. The smallest absolute Gasteiger partial charge is 0.0878 e. The molecule has 1 aliphatic rings. The van der Waals surface area contributed by atoms with E-state index in [4.69, 9.17) is 10.5 Å². The highest BCUT2D eigenvalue weighted by molar-refractivity contribution is 4.89. The van der Waals surface area contributed by atoms with Crippen molar-refractivity contribution in [3.63, 3.8) is 0 Å². The molecule has 0 aromatic heterocycles. The van der Waals surface area contributed by atoms with Crippen molar-refractivity contribution >= 4 is 0 Å². The first kappa shape index (κ1) is 11.0. The number of hydrogen-bond acceptors (Lipinski definition) is 4. The van der Waals surface area contributed by atoms with Gasteiger partial charge in [0.15, 0.2) is 0 Å². The van der Waals surface area contributed by atoms with Gasteiger partial charge in [-0.25, -0.2) is 0 Å². The Morgan fingerprint density at radius 2 is 1.50 bits per heavy atom. The van der Waals surface area contributed by atoms with E-state index in [0.29, 0.717) is 25.2 Å². The molecule has 0 radical (unpaired) electrons. The Balaban J connectivity index is 2.57. The minimum atomic E-state index is 0.444. The minimum absolute atomic E-state index is 0.444. The van der Waals surface area contributed by atoms with E-state index >= 15 is 0 Å². The second-order valence-electron chi connectivity index (χ2n) is 3.89. The van der Waals surface area contributed by atoms with Gasteiger partial charge in [0.25, 0.3) is 0 Å². The first-order valence-corrected chi connectivity index (χ1v) is 4.91. The predicted molar refractivity (Wildman–Crippen MR) is 53.0 cm³/mol. The minimum Gasteiger partial charge on any atom is -0.275 e. The second kappa shape index (κ2) is 4.95. The van der Waals surface area contributed by atoms with E-state index in [2.05, 4.69) is 35.8 Å². The summed E-state index contributed by atoms with van der Waals surface area (Å²) >= 11 is 0. The van der Waals surface area contributed by atoms with Crippen molar-refractivity contribution in [2.75, 3.05) is 19.8 Å². The summed E-state index contributed by atoms with van der Waals surface area (Å²) in [4.78, 5) is 4.22. The van der Waals surface area contributed by atoms with E-state index in [1.165, 1.54) is 0 Å². The molecular formula is C10H16N4. The molecule has 0 amide bonds. The average molecular weight is 192 g/mol. The second-order valence-corrected chi connectivity index (χ2v) is 3.89. The topological polar surface area (TPSA) is 54.1 Å². The molecule has 1 heterocycles. The van der Waals surface area contributed by atoms with Crippen molar-refractivity contribution in [3.05, 3.63) is 0 Å².